The molecule has 9 heteroatoms. The predicted octanol–water partition coefficient (Wildman–Crippen LogP) is 3.76. The lowest BCUT2D eigenvalue weighted by Gasteiger charge is -2.22. The first-order valence-corrected chi connectivity index (χ1v) is 12.3. The quantitative estimate of drug-likeness (QED) is 0.430. The molecule has 0 spiro atoms. The summed E-state index contributed by atoms with van der Waals surface area (Å²) >= 11 is 0. The number of ketones is 1. The third-order valence-corrected chi connectivity index (χ3v) is 7.36. The number of halogens is 1. The van der Waals surface area contributed by atoms with Gasteiger partial charge in [-0.3, -0.25) is 9.59 Å². The predicted molar refractivity (Wildman–Crippen MR) is 130 cm³/mol. The topological polar surface area (TPSA) is 92.8 Å². The summed E-state index contributed by atoms with van der Waals surface area (Å²) in [6.45, 7) is 0.984. The lowest BCUT2D eigenvalue weighted by atomic mass is 9.98. The third-order valence-electron chi connectivity index (χ3n) is 5.54. The van der Waals surface area contributed by atoms with Crippen molar-refractivity contribution in [3.05, 3.63) is 95.3 Å². The average Bonchev–Trinajstić information content (AvgIpc) is 2.85. The van der Waals surface area contributed by atoms with Crippen LogP contribution in [0.4, 0.5) is 4.39 Å². The number of methoxy groups -OCH3 is 1. The van der Waals surface area contributed by atoms with Crippen molar-refractivity contribution in [1.82, 2.24) is 9.62 Å². The summed E-state index contributed by atoms with van der Waals surface area (Å²) in [5, 5.41) is 2.89. The standard InChI is InChI=1S/C26H27FN2O5S/c1-18(30)20-8-14-24(15-9-20)35(32,33)29(2)17-26(31)28-25(16-19-4-10-22(27)11-5-19)21-6-12-23(34-3)13-7-21/h4-15,25H,16-17H2,1-3H3,(H,28,31). The van der Waals surface area contributed by atoms with Gasteiger partial charge < -0.3 is 10.1 Å². The van der Waals surface area contributed by atoms with Crippen LogP contribution in [0.15, 0.2) is 77.7 Å². The summed E-state index contributed by atoms with van der Waals surface area (Å²) in [7, 11) is -1.08. The Balaban J connectivity index is 1.76. The minimum absolute atomic E-state index is 0.0178. The Morgan fingerprint density at radius 3 is 2.11 bits per heavy atom. The van der Waals surface area contributed by atoms with E-state index in [2.05, 4.69) is 5.32 Å². The molecule has 0 saturated carbocycles. The molecule has 0 radical (unpaired) electrons. The van der Waals surface area contributed by atoms with E-state index in [1.165, 1.54) is 50.4 Å². The van der Waals surface area contributed by atoms with Crippen molar-refractivity contribution in [2.24, 2.45) is 0 Å². The Kier molecular flexibility index (Phi) is 8.37. The Bertz CT molecular complexity index is 1270. The molecule has 3 aromatic carbocycles. The second-order valence-corrected chi connectivity index (χ2v) is 10.1. The van der Waals surface area contributed by atoms with E-state index >= 15 is 0 Å². The molecule has 0 aromatic heterocycles. The van der Waals surface area contributed by atoms with Crippen LogP contribution in [0.3, 0.4) is 0 Å². The van der Waals surface area contributed by atoms with Crippen molar-refractivity contribution in [1.29, 1.82) is 0 Å². The van der Waals surface area contributed by atoms with Crippen LogP contribution in [0.5, 0.6) is 5.75 Å². The Hall–Kier alpha value is -3.56. The molecule has 0 aliphatic carbocycles. The van der Waals surface area contributed by atoms with Crippen LogP contribution in [-0.4, -0.2) is 45.1 Å². The number of ether oxygens (including phenoxy) is 1. The van der Waals surface area contributed by atoms with Crippen molar-refractivity contribution in [3.63, 3.8) is 0 Å². The first-order chi connectivity index (χ1) is 16.6. The van der Waals surface area contributed by atoms with E-state index in [0.29, 0.717) is 17.7 Å². The van der Waals surface area contributed by atoms with E-state index in [1.54, 1.807) is 31.4 Å². The number of Topliss-reactive ketones (excluding diaryl/α,β-unsaturated/α-hetero) is 1. The molecule has 0 saturated heterocycles. The van der Waals surface area contributed by atoms with Gasteiger partial charge in [-0.2, -0.15) is 4.31 Å². The molecule has 1 N–H and O–H groups in total. The third kappa shape index (κ3) is 6.74. The van der Waals surface area contributed by atoms with Gasteiger partial charge in [0.15, 0.2) is 5.78 Å². The van der Waals surface area contributed by atoms with Gasteiger partial charge in [0, 0.05) is 12.6 Å². The summed E-state index contributed by atoms with van der Waals surface area (Å²) in [6.07, 6.45) is 0.376. The van der Waals surface area contributed by atoms with Gasteiger partial charge in [0.25, 0.3) is 0 Å². The number of likely N-dealkylation sites (N-methyl/N-ethyl adjacent to an activating group) is 1. The number of nitrogens with one attached hydrogen (secondary N) is 1. The maximum atomic E-state index is 13.3. The number of sulfonamides is 1. The number of hydrogen-bond acceptors (Lipinski definition) is 5. The van der Waals surface area contributed by atoms with Crippen molar-refractivity contribution in [2.75, 3.05) is 20.7 Å². The molecule has 0 bridgehead atoms. The molecule has 0 heterocycles. The molecule has 0 aliphatic rings. The van der Waals surface area contributed by atoms with Crippen LogP contribution < -0.4 is 10.1 Å². The molecule has 0 fully saturated rings. The lowest BCUT2D eigenvalue weighted by molar-refractivity contribution is -0.121. The van der Waals surface area contributed by atoms with Crippen molar-refractivity contribution in [3.8, 4) is 5.75 Å². The fourth-order valence-corrected chi connectivity index (χ4v) is 4.64. The Labute approximate surface area is 204 Å². The lowest BCUT2D eigenvalue weighted by Crippen LogP contribution is -2.40. The highest BCUT2D eigenvalue weighted by molar-refractivity contribution is 7.89. The highest BCUT2D eigenvalue weighted by Crippen LogP contribution is 2.22. The number of carbonyl (C=O) groups is 2. The van der Waals surface area contributed by atoms with E-state index < -0.39 is 28.5 Å². The summed E-state index contributed by atoms with van der Waals surface area (Å²) in [5.41, 5.74) is 1.99. The number of rotatable bonds is 10. The van der Waals surface area contributed by atoms with Crippen LogP contribution in [0.1, 0.15) is 34.5 Å². The smallest absolute Gasteiger partial charge is 0.243 e. The van der Waals surface area contributed by atoms with Crippen molar-refractivity contribution < 1.29 is 27.1 Å². The van der Waals surface area contributed by atoms with Gasteiger partial charge in [0.1, 0.15) is 11.6 Å². The van der Waals surface area contributed by atoms with Crippen LogP contribution in [0, 0.1) is 5.82 Å². The molecule has 7 nitrogen and oxygen atoms in total. The fourth-order valence-electron chi connectivity index (χ4n) is 3.51. The monoisotopic (exact) mass is 498 g/mol. The SMILES string of the molecule is COc1ccc(C(Cc2ccc(F)cc2)NC(=O)CN(C)S(=O)(=O)c2ccc(C(C)=O)cc2)cc1. The van der Waals surface area contributed by atoms with Crippen LogP contribution >= 0.6 is 0 Å². The van der Waals surface area contributed by atoms with Gasteiger partial charge >= 0.3 is 0 Å². The Morgan fingerprint density at radius 2 is 1.57 bits per heavy atom. The molecule has 0 aliphatic heterocycles. The van der Waals surface area contributed by atoms with E-state index in [-0.39, 0.29) is 16.5 Å². The number of carbonyl (C=O) groups excluding carboxylic acids is 2. The largest absolute Gasteiger partial charge is 0.497 e. The van der Waals surface area contributed by atoms with Gasteiger partial charge in [-0.15, -0.1) is 0 Å². The number of nitrogens with zero attached hydrogens (tertiary/aromatic N) is 1. The second-order valence-electron chi connectivity index (χ2n) is 8.07. The summed E-state index contributed by atoms with van der Waals surface area (Å²) in [4.78, 5) is 24.3. The summed E-state index contributed by atoms with van der Waals surface area (Å²) in [5.74, 6) is -0.379. The molecule has 1 unspecified atom stereocenters. The maximum absolute atomic E-state index is 13.3. The molecule has 35 heavy (non-hydrogen) atoms. The van der Waals surface area contributed by atoms with Gasteiger partial charge in [-0.1, -0.05) is 36.4 Å². The Morgan fingerprint density at radius 1 is 0.971 bits per heavy atom. The summed E-state index contributed by atoms with van der Waals surface area (Å²) in [6, 6.07) is 18.2. The molecule has 1 amide bonds. The maximum Gasteiger partial charge on any atom is 0.243 e. The number of amides is 1. The van der Waals surface area contributed by atoms with Crippen molar-refractivity contribution >= 4 is 21.7 Å². The first kappa shape index (κ1) is 26.1. The number of benzene rings is 3. The van der Waals surface area contributed by atoms with Gasteiger partial charge in [-0.05, 0) is 60.9 Å². The van der Waals surface area contributed by atoms with Gasteiger partial charge in [0.05, 0.1) is 24.6 Å². The minimum Gasteiger partial charge on any atom is -0.497 e. The first-order valence-electron chi connectivity index (χ1n) is 10.8. The zero-order chi connectivity index (χ0) is 25.6. The van der Waals surface area contributed by atoms with Crippen molar-refractivity contribution in [2.45, 2.75) is 24.3 Å². The zero-order valence-electron chi connectivity index (χ0n) is 19.7. The minimum atomic E-state index is -3.95. The van der Waals surface area contributed by atoms with E-state index in [0.717, 1.165) is 15.4 Å². The molecule has 3 aromatic rings. The van der Waals surface area contributed by atoms with E-state index in [9.17, 15) is 22.4 Å². The van der Waals surface area contributed by atoms with Gasteiger partial charge in [0.2, 0.25) is 15.9 Å². The van der Waals surface area contributed by atoms with Crippen LogP contribution in [0.2, 0.25) is 0 Å². The molecule has 1 atom stereocenters. The number of hydrogen-bond donors (Lipinski definition) is 1. The van der Waals surface area contributed by atoms with E-state index in [1.807, 2.05) is 12.1 Å². The van der Waals surface area contributed by atoms with E-state index in [4.69, 9.17) is 4.74 Å². The second kappa shape index (κ2) is 11.2. The normalized spacial score (nSPS) is 12.3. The van der Waals surface area contributed by atoms with Crippen LogP contribution in [0.25, 0.3) is 0 Å². The zero-order valence-corrected chi connectivity index (χ0v) is 20.5. The van der Waals surface area contributed by atoms with Gasteiger partial charge in [-0.25, -0.2) is 12.8 Å². The molecule has 184 valence electrons. The highest BCUT2D eigenvalue weighted by atomic mass is 32.2. The van der Waals surface area contributed by atoms with Crippen LogP contribution in [-0.2, 0) is 21.2 Å². The molecule has 3 rings (SSSR count). The molecular formula is C26H27FN2O5S. The summed E-state index contributed by atoms with van der Waals surface area (Å²) < 4.78 is 45.3. The molecular weight excluding hydrogens is 471 g/mol. The average molecular weight is 499 g/mol. The fraction of sp³-hybridized carbons (Fsp3) is 0.231. The highest BCUT2D eigenvalue weighted by Gasteiger charge is 2.25.